The van der Waals surface area contributed by atoms with Crippen molar-refractivity contribution < 1.29 is 19.1 Å². The van der Waals surface area contributed by atoms with Crippen LogP contribution >= 0.6 is 0 Å². The smallest absolute Gasteiger partial charge is 0.408 e. The number of alkyl carbamates (subject to hydrolysis) is 1. The van der Waals surface area contributed by atoms with Crippen LogP contribution in [0.15, 0.2) is 79.1 Å². The molecular formula is C26H28N4O4. The number of amides is 3. The largest absolute Gasteiger partial charge is 0.444 e. The zero-order valence-electron chi connectivity index (χ0n) is 19.4. The highest BCUT2D eigenvalue weighted by atomic mass is 16.6. The first-order valence-electron chi connectivity index (χ1n) is 10.8. The Bertz CT molecular complexity index is 1110. The monoisotopic (exact) mass is 460 g/mol. The number of para-hydroxylation sites is 1. The van der Waals surface area contributed by atoms with Gasteiger partial charge in [-0.3, -0.25) is 14.6 Å². The maximum Gasteiger partial charge on any atom is 0.408 e. The number of nitrogens with one attached hydrogen (secondary N) is 2. The molecule has 1 aromatic heterocycles. The minimum absolute atomic E-state index is 0.217. The average Bonchev–Trinajstić information content (AvgIpc) is 2.81. The van der Waals surface area contributed by atoms with Crippen molar-refractivity contribution in [1.29, 1.82) is 0 Å². The molecule has 0 saturated carbocycles. The number of carbonyl (C=O) groups excluding carboxylic acids is 3. The standard InChI is InChI=1S/C26H28N4O4/c1-26(2,3)34-25(33)28-17-24(32)30(22-7-5-4-6-8-22)18-23(31)29-21-11-9-19(10-12-21)20-13-15-27-16-14-20/h4-16H,17-18H2,1-3H3,(H,28,33)(H,29,31). The van der Waals surface area contributed by atoms with Crippen molar-refractivity contribution in [2.75, 3.05) is 23.3 Å². The summed E-state index contributed by atoms with van der Waals surface area (Å²) in [6, 6.07) is 20.0. The number of ether oxygens (including phenoxy) is 1. The molecule has 0 aliphatic carbocycles. The second-order valence-electron chi connectivity index (χ2n) is 8.53. The summed E-state index contributed by atoms with van der Waals surface area (Å²) < 4.78 is 5.17. The molecule has 0 saturated heterocycles. The van der Waals surface area contributed by atoms with E-state index in [1.54, 1.807) is 69.6 Å². The summed E-state index contributed by atoms with van der Waals surface area (Å²) in [5.41, 5.74) is 2.48. The lowest BCUT2D eigenvalue weighted by Crippen LogP contribution is -2.45. The predicted molar refractivity (Wildman–Crippen MR) is 131 cm³/mol. The zero-order valence-corrected chi connectivity index (χ0v) is 19.4. The van der Waals surface area contributed by atoms with Crippen LogP contribution < -0.4 is 15.5 Å². The molecule has 3 aromatic rings. The summed E-state index contributed by atoms with van der Waals surface area (Å²) >= 11 is 0. The fourth-order valence-corrected chi connectivity index (χ4v) is 3.12. The Hall–Kier alpha value is -4.20. The van der Waals surface area contributed by atoms with Gasteiger partial charge in [0.25, 0.3) is 0 Å². The topological polar surface area (TPSA) is 101 Å². The van der Waals surface area contributed by atoms with E-state index < -0.39 is 17.6 Å². The number of aromatic nitrogens is 1. The summed E-state index contributed by atoms with van der Waals surface area (Å²) in [7, 11) is 0. The number of carbonyl (C=O) groups is 3. The Kier molecular flexibility index (Phi) is 7.97. The number of rotatable bonds is 7. The fraction of sp³-hybridized carbons (Fsp3) is 0.231. The Labute approximate surface area is 199 Å². The van der Waals surface area contributed by atoms with E-state index in [-0.39, 0.29) is 19.0 Å². The molecule has 3 amide bonds. The molecule has 1 heterocycles. The summed E-state index contributed by atoms with van der Waals surface area (Å²) in [6.45, 7) is 4.68. The molecule has 3 rings (SSSR count). The van der Waals surface area contributed by atoms with Gasteiger partial charge in [-0.05, 0) is 68.3 Å². The van der Waals surface area contributed by atoms with E-state index >= 15 is 0 Å². The normalized spacial score (nSPS) is 10.8. The molecule has 0 unspecified atom stereocenters. The van der Waals surface area contributed by atoms with Gasteiger partial charge in [-0.25, -0.2) is 4.79 Å². The molecule has 34 heavy (non-hydrogen) atoms. The van der Waals surface area contributed by atoms with E-state index in [9.17, 15) is 14.4 Å². The van der Waals surface area contributed by atoms with Gasteiger partial charge >= 0.3 is 6.09 Å². The number of pyridine rings is 1. The summed E-state index contributed by atoms with van der Waals surface area (Å²) in [5, 5.41) is 5.26. The van der Waals surface area contributed by atoms with Crippen LogP contribution in [0.5, 0.6) is 0 Å². The second kappa shape index (κ2) is 11.1. The Balaban J connectivity index is 1.65. The molecule has 2 aromatic carbocycles. The van der Waals surface area contributed by atoms with Gasteiger partial charge in [0.1, 0.15) is 18.7 Å². The molecule has 176 valence electrons. The van der Waals surface area contributed by atoms with Gasteiger partial charge in [0.05, 0.1) is 0 Å². The highest BCUT2D eigenvalue weighted by molar-refractivity contribution is 6.03. The first-order valence-corrected chi connectivity index (χ1v) is 10.8. The van der Waals surface area contributed by atoms with Gasteiger partial charge < -0.3 is 20.3 Å². The maximum atomic E-state index is 12.9. The van der Waals surface area contributed by atoms with Crippen molar-refractivity contribution in [1.82, 2.24) is 10.3 Å². The van der Waals surface area contributed by atoms with Crippen LogP contribution in [0.1, 0.15) is 20.8 Å². The van der Waals surface area contributed by atoms with Gasteiger partial charge in [0.15, 0.2) is 0 Å². The number of hydrogen-bond donors (Lipinski definition) is 2. The molecule has 0 fully saturated rings. The highest BCUT2D eigenvalue weighted by Crippen LogP contribution is 2.21. The van der Waals surface area contributed by atoms with Crippen LogP contribution in [0.4, 0.5) is 16.2 Å². The Morgan fingerprint density at radius 1 is 0.882 bits per heavy atom. The van der Waals surface area contributed by atoms with Crippen molar-refractivity contribution in [2.24, 2.45) is 0 Å². The van der Waals surface area contributed by atoms with Crippen LogP contribution in [0.2, 0.25) is 0 Å². The number of anilines is 2. The van der Waals surface area contributed by atoms with Crippen molar-refractivity contribution in [3.8, 4) is 11.1 Å². The predicted octanol–water partition coefficient (Wildman–Crippen LogP) is 4.25. The zero-order chi connectivity index (χ0) is 24.6. The van der Waals surface area contributed by atoms with E-state index in [1.807, 2.05) is 30.3 Å². The molecule has 0 atom stereocenters. The summed E-state index contributed by atoms with van der Waals surface area (Å²) in [6.07, 6.45) is 2.74. The van der Waals surface area contributed by atoms with Crippen LogP contribution in [-0.2, 0) is 14.3 Å². The van der Waals surface area contributed by atoms with Gasteiger partial charge in [-0.15, -0.1) is 0 Å². The van der Waals surface area contributed by atoms with Crippen LogP contribution in [0.25, 0.3) is 11.1 Å². The quantitative estimate of drug-likeness (QED) is 0.549. The summed E-state index contributed by atoms with van der Waals surface area (Å²) in [5.74, 6) is -0.814. The number of nitrogens with zero attached hydrogens (tertiary/aromatic N) is 2. The van der Waals surface area contributed by atoms with Crippen molar-refractivity contribution >= 4 is 29.3 Å². The minimum Gasteiger partial charge on any atom is -0.444 e. The van der Waals surface area contributed by atoms with E-state index in [0.717, 1.165) is 11.1 Å². The molecule has 0 aliphatic heterocycles. The molecule has 0 radical (unpaired) electrons. The summed E-state index contributed by atoms with van der Waals surface area (Å²) in [4.78, 5) is 42.9. The Morgan fingerprint density at radius 2 is 1.50 bits per heavy atom. The van der Waals surface area contributed by atoms with Crippen molar-refractivity contribution in [2.45, 2.75) is 26.4 Å². The van der Waals surface area contributed by atoms with E-state index in [4.69, 9.17) is 4.74 Å². The molecule has 8 heteroatoms. The average molecular weight is 461 g/mol. The van der Waals surface area contributed by atoms with Gasteiger partial charge in [0, 0.05) is 23.8 Å². The molecule has 2 N–H and O–H groups in total. The third-order valence-electron chi connectivity index (χ3n) is 4.64. The third kappa shape index (κ3) is 7.44. The van der Waals surface area contributed by atoms with E-state index in [2.05, 4.69) is 15.6 Å². The lowest BCUT2D eigenvalue weighted by molar-refractivity contribution is -0.121. The lowest BCUT2D eigenvalue weighted by atomic mass is 10.1. The van der Waals surface area contributed by atoms with Crippen LogP contribution in [0.3, 0.4) is 0 Å². The van der Waals surface area contributed by atoms with Crippen molar-refractivity contribution in [3.05, 3.63) is 79.1 Å². The third-order valence-corrected chi connectivity index (χ3v) is 4.64. The SMILES string of the molecule is CC(C)(C)OC(=O)NCC(=O)N(CC(=O)Nc1ccc(-c2ccncc2)cc1)c1ccccc1. The Morgan fingerprint density at radius 3 is 2.12 bits per heavy atom. The van der Waals surface area contributed by atoms with E-state index in [1.165, 1.54) is 4.90 Å². The lowest BCUT2D eigenvalue weighted by Gasteiger charge is -2.24. The number of benzene rings is 2. The van der Waals surface area contributed by atoms with Gasteiger partial charge in [-0.1, -0.05) is 30.3 Å². The molecule has 0 bridgehead atoms. The molecule has 0 spiro atoms. The molecule has 0 aliphatic rings. The molecular weight excluding hydrogens is 432 g/mol. The van der Waals surface area contributed by atoms with Crippen LogP contribution in [0, 0.1) is 0 Å². The van der Waals surface area contributed by atoms with Gasteiger partial charge in [-0.2, -0.15) is 0 Å². The van der Waals surface area contributed by atoms with Crippen LogP contribution in [-0.4, -0.2) is 41.6 Å². The number of hydrogen-bond acceptors (Lipinski definition) is 5. The highest BCUT2D eigenvalue weighted by Gasteiger charge is 2.22. The maximum absolute atomic E-state index is 12.9. The van der Waals surface area contributed by atoms with Gasteiger partial charge in [0.2, 0.25) is 11.8 Å². The van der Waals surface area contributed by atoms with Crippen molar-refractivity contribution in [3.63, 3.8) is 0 Å². The minimum atomic E-state index is -0.701. The first-order chi connectivity index (χ1) is 16.2. The first kappa shape index (κ1) is 24.4. The second-order valence-corrected chi connectivity index (χ2v) is 8.53. The fourth-order valence-electron chi connectivity index (χ4n) is 3.12. The molecule has 8 nitrogen and oxygen atoms in total. The van der Waals surface area contributed by atoms with E-state index in [0.29, 0.717) is 11.4 Å².